The van der Waals surface area contributed by atoms with Crippen LogP contribution < -0.4 is 5.32 Å². The van der Waals surface area contributed by atoms with E-state index in [0.717, 1.165) is 9.80 Å². The second kappa shape index (κ2) is 17.3. The number of hydrogen-bond donors (Lipinski definition) is 10. The predicted octanol–water partition coefficient (Wildman–Crippen LogP) is -2.11. The Balaban J connectivity index is 3.88. The first-order chi connectivity index (χ1) is 18.2. The zero-order valence-electron chi connectivity index (χ0n) is 20.2. The Morgan fingerprint density at radius 1 is 0.615 bits per heavy atom. The van der Waals surface area contributed by atoms with Crippen molar-refractivity contribution in [3.05, 3.63) is 21.8 Å². The zero-order valence-corrected chi connectivity index (χ0v) is 26.7. The van der Waals surface area contributed by atoms with Gasteiger partial charge in [0.2, 0.25) is 0 Å². The molecule has 4 unspecified atom stereocenters. The second-order valence-corrected chi connectivity index (χ2v) is 11.5. The quantitative estimate of drug-likeness (QED) is 0.0851. The average molecular weight is 897 g/mol. The van der Waals surface area contributed by atoms with Crippen LogP contribution in [0.2, 0.25) is 0 Å². The highest BCUT2D eigenvalue weighted by Gasteiger charge is 2.34. The molecule has 3 amide bonds. The van der Waals surface area contributed by atoms with E-state index >= 15 is 0 Å². The van der Waals surface area contributed by atoms with E-state index in [1.807, 2.05) is 0 Å². The van der Waals surface area contributed by atoms with E-state index in [1.54, 1.807) is 67.8 Å². The molecule has 0 aliphatic heterocycles. The van der Waals surface area contributed by atoms with Gasteiger partial charge in [-0.15, -0.1) is 0 Å². The van der Waals surface area contributed by atoms with Crippen molar-refractivity contribution >= 4 is 91.4 Å². The largest absolute Gasteiger partial charge is 0.465 e. The average Bonchev–Trinajstić information content (AvgIpc) is 2.89. The highest BCUT2D eigenvalue weighted by Crippen LogP contribution is 2.37. The fraction of sp³-hybridized carbons (Fsp3) is 0.571. The van der Waals surface area contributed by atoms with Crippen molar-refractivity contribution in [2.75, 3.05) is 57.9 Å². The third-order valence-corrected chi connectivity index (χ3v) is 8.35. The van der Waals surface area contributed by atoms with Crippen molar-refractivity contribution in [3.63, 3.8) is 0 Å². The number of halogens is 3. The van der Waals surface area contributed by atoms with Gasteiger partial charge in [0.1, 0.15) is 0 Å². The van der Waals surface area contributed by atoms with Crippen molar-refractivity contribution in [2.45, 2.75) is 24.4 Å². The molecule has 0 aliphatic rings. The van der Waals surface area contributed by atoms with Crippen molar-refractivity contribution in [1.82, 2.24) is 9.80 Å². The molecule has 1 rings (SSSR count). The summed E-state index contributed by atoms with van der Waals surface area (Å²) in [5.41, 5.74) is -0.555. The smallest absolute Gasteiger partial charge is 0.409 e. The second-order valence-electron chi connectivity index (χ2n) is 8.26. The minimum Gasteiger partial charge on any atom is -0.465 e. The third-order valence-electron chi connectivity index (χ3n) is 5.12. The summed E-state index contributed by atoms with van der Waals surface area (Å²) in [7, 11) is 0. The fourth-order valence-electron chi connectivity index (χ4n) is 3.30. The van der Waals surface area contributed by atoms with Crippen molar-refractivity contribution in [2.24, 2.45) is 0 Å². The van der Waals surface area contributed by atoms with Crippen LogP contribution in [0.15, 0.2) is 0 Å². The number of amides is 3. The van der Waals surface area contributed by atoms with E-state index in [-0.39, 0.29) is 27.5 Å². The van der Waals surface area contributed by atoms with Crippen LogP contribution in [0.3, 0.4) is 0 Å². The number of hydrogen-bond acceptors (Lipinski definition) is 11. The molecule has 0 bridgehead atoms. The third kappa shape index (κ3) is 10.3. The lowest BCUT2D eigenvalue weighted by atomic mass is 10.1. The summed E-state index contributed by atoms with van der Waals surface area (Å²) in [6.45, 7) is -4.84. The molecular formula is C21H30I3N3O12. The number of carboxylic acid groups (broad SMARTS) is 1. The highest BCUT2D eigenvalue weighted by atomic mass is 127. The molecule has 18 heteroatoms. The number of benzene rings is 1. The van der Waals surface area contributed by atoms with Crippen LogP contribution in [0.25, 0.3) is 0 Å². The van der Waals surface area contributed by atoms with Crippen LogP contribution in [0.5, 0.6) is 0 Å². The number of nitrogens with zero attached hydrogens (tertiary/aromatic N) is 2. The van der Waals surface area contributed by atoms with Gasteiger partial charge in [0.05, 0.1) is 74.8 Å². The van der Waals surface area contributed by atoms with Gasteiger partial charge in [0.15, 0.2) is 0 Å². The zero-order chi connectivity index (χ0) is 30.0. The molecule has 222 valence electrons. The Kier molecular flexibility index (Phi) is 16.1. The van der Waals surface area contributed by atoms with E-state index in [9.17, 15) is 60.3 Å². The van der Waals surface area contributed by atoms with Crippen LogP contribution in [0, 0.1) is 10.7 Å². The van der Waals surface area contributed by atoms with Crippen LogP contribution in [0.4, 0.5) is 10.5 Å². The van der Waals surface area contributed by atoms with Crippen molar-refractivity contribution < 1.29 is 60.3 Å². The van der Waals surface area contributed by atoms with Gasteiger partial charge in [-0.1, -0.05) is 0 Å². The van der Waals surface area contributed by atoms with Gasteiger partial charge >= 0.3 is 6.09 Å². The Morgan fingerprint density at radius 3 is 1.13 bits per heavy atom. The SMILES string of the molecule is O=C(O)Nc1c(I)c(C(=O)N(CC(O)CO)CC(O)CO)c(I)c(C(=O)N(CC(O)CO)CC(O)CO)c1I. The maximum atomic E-state index is 13.7. The van der Waals surface area contributed by atoms with E-state index < -0.39 is 94.9 Å². The van der Waals surface area contributed by atoms with Gasteiger partial charge in [-0.05, 0) is 67.8 Å². The number of aliphatic hydroxyl groups is 8. The van der Waals surface area contributed by atoms with E-state index in [1.165, 1.54) is 0 Å². The Bertz CT molecular complexity index is 927. The summed E-state index contributed by atoms with van der Waals surface area (Å²) in [5.74, 6) is -1.75. The van der Waals surface area contributed by atoms with Gasteiger partial charge in [-0.2, -0.15) is 0 Å². The summed E-state index contributed by atoms with van der Waals surface area (Å²) in [6.07, 6.45) is -7.21. The first-order valence-electron chi connectivity index (χ1n) is 11.2. The summed E-state index contributed by atoms with van der Waals surface area (Å²) in [6, 6.07) is 0. The standard InChI is InChI=1S/C21H30I3N3O12/c22-15-13(19(36)26(1-9(32)5-28)2-10(33)6-29)16(23)18(25-21(38)39)17(24)14(15)20(37)27(3-11(34)7-30)4-12(35)8-31/h9-12,25,28-35H,1-8H2,(H,38,39). The number of nitrogens with one attached hydrogen (secondary N) is 1. The molecule has 39 heavy (non-hydrogen) atoms. The fourth-order valence-corrected chi connectivity index (χ4v) is 7.66. The molecule has 1 aromatic carbocycles. The minimum absolute atomic E-state index is 0.0105. The van der Waals surface area contributed by atoms with Crippen LogP contribution >= 0.6 is 67.8 Å². The van der Waals surface area contributed by atoms with Crippen molar-refractivity contribution in [1.29, 1.82) is 0 Å². The van der Waals surface area contributed by atoms with Gasteiger partial charge in [0.25, 0.3) is 11.8 Å². The van der Waals surface area contributed by atoms with Gasteiger partial charge in [-0.3, -0.25) is 14.9 Å². The number of anilines is 1. The number of carbonyl (C=O) groups is 3. The van der Waals surface area contributed by atoms with Crippen molar-refractivity contribution in [3.8, 4) is 0 Å². The molecule has 0 aromatic heterocycles. The van der Waals surface area contributed by atoms with Gasteiger partial charge in [0, 0.05) is 29.7 Å². The summed E-state index contributed by atoms with van der Waals surface area (Å²) >= 11 is 5.07. The van der Waals surface area contributed by atoms with Crippen LogP contribution in [-0.4, -0.2) is 151 Å². The maximum absolute atomic E-state index is 13.7. The molecule has 0 heterocycles. The molecule has 0 saturated heterocycles. The van der Waals surface area contributed by atoms with E-state index in [4.69, 9.17) is 0 Å². The van der Waals surface area contributed by atoms with E-state index in [0.29, 0.717) is 0 Å². The minimum atomic E-state index is -1.52. The number of rotatable bonds is 15. The van der Waals surface area contributed by atoms with Gasteiger partial charge in [-0.25, -0.2) is 4.79 Å². The summed E-state index contributed by atoms with van der Waals surface area (Å²) in [5, 5.41) is 88.5. The predicted molar refractivity (Wildman–Crippen MR) is 160 cm³/mol. The molecule has 15 nitrogen and oxygen atoms in total. The topological polar surface area (TPSA) is 252 Å². The molecule has 0 radical (unpaired) electrons. The van der Waals surface area contributed by atoms with Gasteiger partial charge < -0.3 is 55.8 Å². The first-order valence-corrected chi connectivity index (χ1v) is 14.4. The molecule has 0 spiro atoms. The molecule has 1 aromatic rings. The Hall–Kier alpha value is -0.700. The Morgan fingerprint density at radius 2 is 0.897 bits per heavy atom. The number of aliphatic hydroxyl groups excluding tert-OH is 8. The lowest BCUT2D eigenvalue weighted by Crippen LogP contribution is -2.45. The van der Waals surface area contributed by atoms with E-state index in [2.05, 4.69) is 5.32 Å². The van der Waals surface area contributed by atoms with Crippen LogP contribution in [-0.2, 0) is 0 Å². The lowest BCUT2D eigenvalue weighted by Gasteiger charge is -2.30. The first kappa shape index (κ1) is 36.3. The molecule has 10 N–H and O–H groups in total. The molecule has 0 saturated carbocycles. The molecule has 0 fully saturated rings. The molecule has 0 aliphatic carbocycles. The summed E-state index contributed by atoms with van der Waals surface area (Å²) in [4.78, 5) is 40.9. The monoisotopic (exact) mass is 897 g/mol. The highest BCUT2D eigenvalue weighted by molar-refractivity contribution is 14.1. The Labute approximate surface area is 263 Å². The summed E-state index contributed by atoms with van der Waals surface area (Å²) < 4.78 is 0.130. The number of carbonyl (C=O) groups excluding carboxylic acids is 2. The molecular weight excluding hydrogens is 867 g/mol. The maximum Gasteiger partial charge on any atom is 0.409 e. The van der Waals surface area contributed by atoms with Crippen LogP contribution in [0.1, 0.15) is 20.7 Å². The lowest BCUT2D eigenvalue weighted by molar-refractivity contribution is 0.0204. The molecule has 4 atom stereocenters. The normalized spacial score (nSPS) is 14.3.